The van der Waals surface area contributed by atoms with E-state index in [4.69, 9.17) is 5.73 Å². The second-order valence-corrected chi connectivity index (χ2v) is 9.31. The van der Waals surface area contributed by atoms with Crippen molar-refractivity contribution in [3.05, 3.63) is 109 Å². The second-order valence-electron chi connectivity index (χ2n) is 9.31. The van der Waals surface area contributed by atoms with Crippen LogP contribution in [0, 0.1) is 0 Å². The molecule has 2 N–H and O–H groups in total. The molecular weight excluding hydrogens is 468 g/mol. The molecule has 0 unspecified atom stereocenters. The zero-order chi connectivity index (χ0) is 26.1. The van der Waals surface area contributed by atoms with E-state index >= 15 is 0 Å². The van der Waals surface area contributed by atoms with Crippen LogP contribution in [0.25, 0.3) is 32.3 Å². The Labute approximate surface area is 220 Å². The first-order chi connectivity index (χ1) is 18.6. The third kappa shape index (κ3) is 4.22. The Bertz CT molecular complexity index is 1870. The first kappa shape index (κ1) is 23.3. The topological polar surface area (TPSA) is 78.7 Å². The molecule has 0 atom stereocenters. The van der Waals surface area contributed by atoms with E-state index in [1.54, 1.807) is 0 Å². The van der Waals surface area contributed by atoms with E-state index in [0.717, 1.165) is 66.4 Å². The molecule has 6 nitrogen and oxygen atoms in total. The lowest BCUT2D eigenvalue weighted by Crippen LogP contribution is -2.08. The number of benzene rings is 6. The van der Waals surface area contributed by atoms with Crippen LogP contribution < -0.4 is 10.6 Å². The molecule has 0 aliphatic carbocycles. The minimum absolute atomic E-state index is 0.726. The van der Waals surface area contributed by atoms with Gasteiger partial charge in [0.2, 0.25) is 0 Å². The van der Waals surface area contributed by atoms with E-state index in [9.17, 15) is 0 Å². The van der Waals surface area contributed by atoms with Gasteiger partial charge in [-0.15, -0.1) is 20.5 Å². The summed E-state index contributed by atoms with van der Waals surface area (Å²) >= 11 is 0. The molecule has 0 radical (unpaired) electrons. The molecular formula is C32H26N6. The van der Waals surface area contributed by atoms with Gasteiger partial charge in [0.05, 0.1) is 22.7 Å². The molecule has 0 saturated heterocycles. The molecule has 0 aliphatic rings. The highest BCUT2D eigenvalue weighted by atomic mass is 15.1. The fraction of sp³-hybridized carbons (Fsp3) is 0.0625. The van der Waals surface area contributed by atoms with E-state index in [1.807, 2.05) is 105 Å². The normalized spacial score (nSPS) is 11.8. The van der Waals surface area contributed by atoms with E-state index in [-0.39, 0.29) is 0 Å². The average Bonchev–Trinajstić information content (AvgIpc) is 2.96. The van der Waals surface area contributed by atoms with Crippen molar-refractivity contribution in [2.45, 2.75) is 0 Å². The summed E-state index contributed by atoms with van der Waals surface area (Å²) in [7, 11) is 4.09. The van der Waals surface area contributed by atoms with Crippen molar-refractivity contribution in [1.29, 1.82) is 0 Å². The predicted molar refractivity (Wildman–Crippen MR) is 159 cm³/mol. The molecule has 0 aliphatic heterocycles. The summed E-state index contributed by atoms with van der Waals surface area (Å²) < 4.78 is 0. The summed E-state index contributed by atoms with van der Waals surface area (Å²) in [4.78, 5) is 2.11. The van der Waals surface area contributed by atoms with E-state index in [1.165, 1.54) is 0 Å². The first-order valence-electron chi connectivity index (χ1n) is 12.4. The van der Waals surface area contributed by atoms with Crippen LogP contribution in [0.1, 0.15) is 0 Å². The van der Waals surface area contributed by atoms with Crippen LogP contribution in [0.15, 0.2) is 130 Å². The Morgan fingerprint density at radius 3 is 1.24 bits per heavy atom. The van der Waals surface area contributed by atoms with Crippen LogP contribution in [-0.2, 0) is 0 Å². The summed E-state index contributed by atoms with van der Waals surface area (Å²) in [6, 6.07) is 36.0. The molecule has 0 bridgehead atoms. The van der Waals surface area contributed by atoms with Gasteiger partial charge in [-0.25, -0.2) is 0 Å². The molecule has 184 valence electrons. The minimum atomic E-state index is 0.726. The zero-order valence-corrected chi connectivity index (χ0v) is 21.2. The standard InChI is InChI=1S/C32H26N6/c1-38(2)32-20-19-31(25-13-7-8-14-26(25)32)37-36-30-18-17-29(23-11-5-6-12-24(23)30)35-34-28-16-15-27(33)21-9-3-4-10-22(21)28/h3-20H,33H2,1-2H3. The summed E-state index contributed by atoms with van der Waals surface area (Å²) in [6.45, 7) is 0. The monoisotopic (exact) mass is 494 g/mol. The molecule has 0 amide bonds. The van der Waals surface area contributed by atoms with Gasteiger partial charge in [0, 0.05) is 57.8 Å². The fourth-order valence-corrected chi connectivity index (χ4v) is 4.80. The summed E-state index contributed by atoms with van der Waals surface area (Å²) in [5.74, 6) is 0. The smallest absolute Gasteiger partial charge is 0.0936 e. The van der Waals surface area contributed by atoms with Gasteiger partial charge in [-0.05, 0) is 36.4 Å². The summed E-state index contributed by atoms with van der Waals surface area (Å²) in [5, 5.41) is 24.6. The number of nitrogens with two attached hydrogens (primary N) is 1. The number of nitrogen functional groups attached to an aromatic ring is 1. The molecule has 0 heterocycles. The van der Waals surface area contributed by atoms with Crippen LogP contribution in [0.5, 0.6) is 0 Å². The van der Waals surface area contributed by atoms with Crippen LogP contribution in [0.2, 0.25) is 0 Å². The van der Waals surface area contributed by atoms with Crippen molar-refractivity contribution < 1.29 is 0 Å². The van der Waals surface area contributed by atoms with Crippen LogP contribution >= 0.6 is 0 Å². The minimum Gasteiger partial charge on any atom is -0.398 e. The maximum Gasteiger partial charge on any atom is 0.0936 e. The van der Waals surface area contributed by atoms with Gasteiger partial charge in [-0.2, -0.15) is 0 Å². The Morgan fingerprint density at radius 2 is 0.763 bits per heavy atom. The molecule has 38 heavy (non-hydrogen) atoms. The zero-order valence-electron chi connectivity index (χ0n) is 21.2. The van der Waals surface area contributed by atoms with Gasteiger partial charge >= 0.3 is 0 Å². The number of fused-ring (bicyclic) bond motifs is 3. The molecule has 6 aromatic carbocycles. The molecule has 6 aromatic rings. The highest BCUT2D eigenvalue weighted by Crippen LogP contribution is 2.38. The second kappa shape index (κ2) is 9.75. The number of azo groups is 2. The predicted octanol–water partition coefficient (Wildman–Crippen LogP) is 9.63. The lowest BCUT2D eigenvalue weighted by Gasteiger charge is -2.16. The Kier molecular flexibility index (Phi) is 5.98. The third-order valence-electron chi connectivity index (χ3n) is 6.70. The van der Waals surface area contributed by atoms with Crippen molar-refractivity contribution in [3.8, 4) is 0 Å². The molecule has 6 heteroatoms. The van der Waals surface area contributed by atoms with Gasteiger partial charge in [-0.3, -0.25) is 0 Å². The number of hydrogen-bond acceptors (Lipinski definition) is 6. The van der Waals surface area contributed by atoms with Crippen LogP contribution in [0.4, 0.5) is 34.1 Å². The SMILES string of the molecule is CN(C)c1ccc(N=Nc2ccc(N=Nc3ccc(N)c4ccccc34)c3ccccc23)c2ccccc12. The van der Waals surface area contributed by atoms with Gasteiger partial charge in [0.1, 0.15) is 0 Å². The summed E-state index contributed by atoms with van der Waals surface area (Å²) in [5.41, 5.74) is 11.2. The van der Waals surface area contributed by atoms with Crippen molar-refractivity contribution in [2.24, 2.45) is 20.5 Å². The van der Waals surface area contributed by atoms with Crippen LogP contribution in [-0.4, -0.2) is 14.1 Å². The van der Waals surface area contributed by atoms with Crippen LogP contribution in [0.3, 0.4) is 0 Å². The molecule has 0 fully saturated rings. The number of rotatable bonds is 5. The van der Waals surface area contributed by atoms with E-state index in [2.05, 4.69) is 43.6 Å². The van der Waals surface area contributed by atoms with Gasteiger partial charge < -0.3 is 10.6 Å². The first-order valence-corrected chi connectivity index (χ1v) is 12.4. The van der Waals surface area contributed by atoms with Gasteiger partial charge in [-0.1, -0.05) is 72.8 Å². The van der Waals surface area contributed by atoms with Crippen molar-refractivity contribution in [3.63, 3.8) is 0 Å². The Morgan fingerprint density at radius 1 is 0.421 bits per heavy atom. The molecule has 0 saturated carbocycles. The maximum atomic E-state index is 6.15. The number of hydrogen-bond donors (Lipinski definition) is 1. The quantitative estimate of drug-likeness (QED) is 0.191. The van der Waals surface area contributed by atoms with Gasteiger partial charge in [0.15, 0.2) is 0 Å². The molecule has 0 spiro atoms. The maximum absolute atomic E-state index is 6.15. The lowest BCUT2D eigenvalue weighted by molar-refractivity contribution is 1.14. The third-order valence-corrected chi connectivity index (χ3v) is 6.70. The van der Waals surface area contributed by atoms with E-state index < -0.39 is 0 Å². The van der Waals surface area contributed by atoms with Crippen molar-refractivity contribution in [1.82, 2.24) is 0 Å². The lowest BCUT2D eigenvalue weighted by atomic mass is 10.1. The van der Waals surface area contributed by atoms with Crippen molar-refractivity contribution in [2.75, 3.05) is 24.7 Å². The van der Waals surface area contributed by atoms with Gasteiger partial charge in [0.25, 0.3) is 0 Å². The Hall–Kier alpha value is -5.10. The average molecular weight is 495 g/mol. The van der Waals surface area contributed by atoms with E-state index in [0.29, 0.717) is 0 Å². The summed E-state index contributed by atoms with van der Waals surface area (Å²) in [6.07, 6.45) is 0. The molecule has 6 rings (SSSR count). The fourth-order valence-electron chi connectivity index (χ4n) is 4.80. The largest absolute Gasteiger partial charge is 0.398 e. The molecule has 0 aromatic heterocycles. The number of anilines is 2. The Balaban J connectivity index is 1.39. The highest BCUT2D eigenvalue weighted by molar-refractivity contribution is 6.02. The number of nitrogens with zero attached hydrogens (tertiary/aromatic N) is 5. The highest BCUT2D eigenvalue weighted by Gasteiger charge is 2.09. The van der Waals surface area contributed by atoms with Crippen molar-refractivity contribution >= 4 is 66.4 Å².